The molecular formula is C12H13NO3. The van der Waals surface area contributed by atoms with Crippen LogP contribution in [0.15, 0.2) is 30.3 Å². The first kappa shape index (κ1) is 10.7. The Bertz CT molecular complexity index is 416. The van der Waals surface area contributed by atoms with E-state index in [2.05, 4.69) is 5.32 Å². The van der Waals surface area contributed by atoms with Gasteiger partial charge in [0.25, 0.3) is 0 Å². The Morgan fingerprint density at radius 1 is 1.38 bits per heavy atom. The van der Waals surface area contributed by atoms with Crippen molar-refractivity contribution in [2.45, 2.75) is 18.4 Å². The van der Waals surface area contributed by atoms with Gasteiger partial charge in [0.15, 0.2) is 5.54 Å². The quantitative estimate of drug-likeness (QED) is 0.754. The van der Waals surface area contributed by atoms with Crippen LogP contribution in [0.2, 0.25) is 0 Å². The summed E-state index contributed by atoms with van der Waals surface area (Å²) >= 11 is 0. The van der Waals surface area contributed by atoms with Gasteiger partial charge in [0.1, 0.15) is 0 Å². The minimum atomic E-state index is -0.993. The van der Waals surface area contributed by atoms with Crippen molar-refractivity contribution in [1.29, 1.82) is 0 Å². The van der Waals surface area contributed by atoms with Crippen molar-refractivity contribution >= 4 is 11.9 Å². The summed E-state index contributed by atoms with van der Waals surface area (Å²) in [4.78, 5) is 23.2. The Kier molecular flexibility index (Phi) is 2.64. The number of benzene rings is 1. The molecule has 2 rings (SSSR count). The van der Waals surface area contributed by atoms with Gasteiger partial charge in [-0.05, 0) is 12.0 Å². The van der Waals surface area contributed by atoms with E-state index in [0.717, 1.165) is 5.56 Å². The minimum absolute atomic E-state index is 0.116. The van der Waals surface area contributed by atoms with E-state index in [4.69, 9.17) is 4.74 Å². The van der Waals surface area contributed by atoms with Crippen LogP contribution in [0.25, 0.3) is 0 Å². The van der Waals surface area contributed by atoms with Crippen molar-refractivity contribution in [3.05, 3.63) is 35.9 Å². The molecule has 1 fully saturated rings. The second-order valence-electron chi connectivity index (χ2n) is 3.81. The highest BCUT2D eigenvalue weighted by Gasteiger charge is 2.46. The molecule has 0 aromatic heterocycles. The molecule has 0 radical (unpaired) electrons. The van der Waals surface area contributed by atoms with Crippen LogP contribution >= 0.6 is 0 Å². The minimum Gasteiger partial charge on any atom is -0.467 e. The summed E-state index contributed by atoms with van der Waals surface area (Å²) in [5.41, 5.74) is -0.222. The Hall–Kier alpha value is -1.84. The summed E-state index contributed by atoms with van der Waals surface area (Å²) in [6.45, 7) is 0. The molecule has 1 unspecified atom stereocenters. The zero-order chi connectivity index (χ0) is 11.6. The molecule has 4 heteroatoms. The standard InChI is InChI=1S/C12H13NO3/c1-16-11(15)12(8-7-10(14)13-12)9-5-3-2-4-6-9/h2-6H,7-8H2,1H3,(H,13,14). The highest BCUT2D eigenvalue weighted by Crippen LogP contribution is 2.32. The van der Waals surface area contributed by atoms with Crippen molar-refractivity contribution in [2.24, 2.45) is 0 Å². The van der Waals surface area contributed by atoms with Gasteiger partial charge in [0.05, 0.1) is 7.11 Å². The lowest BCUT2D eigenvalue weighted by atomic mass is 9.88. The molecule has 1 aliphatic rings. The topological polar surface area (TPSA) is 55.4 Å². The van der Waals surface area contributed by atoms with Crippen molar-refractivity contribution < 1.29 is 14.3 Å². The van der Waals surface area contributed by atoms with Crippen LogP contribution in [0.5, 0.6) is 0 Å². The van der Waals surface area contributed by atoms with E-state index in [9.17, 15) is 9.59 Å². The summed E-state index contributed by atoms with van der Waals surface area (Å²) < 4.78 is 4.79. The zero-order valence-corrected chi connectivity index (χ0v) is 9.03. The van der Waals surface area contributed by atoms with Gasteiger partial charge < -0.3 is 10.1 Å². The first-order valence-corrected chi connectivity index (χ1v) is 5.14. The molecule has 0 saturated carbocycles. The second kappa shape index (κ2) is 3.96. The van der Waals surface area contributed by atoms with Crippen LogP contribution < -0.4 is 5.32 Å². The predicted molar refractivity (Wildman–Crippen MR) is 57.5 cm³/mol. The molecule has 1 aromatic rings. The maximum atomic E-state index is 11.8. The van der Waals surface area contributed by atoms with Crippen LogP contribution in [-0.4, -0.2) is 19.0 Å². The first-order chi connectivity index (χ1) is 7.69. The number of amides is 1. The smallest absolute Gasteiger partial charge is 0.336 e. The molecule has 84 valence electrons. The third-order valence-corrected chi connectivity index (χ3v) is 2.88. The normalized spacial score (nSPS) is 23.9. The van der Waals surface area contributed by atoms with E-state index in [1.54, 1.807) is 0 Å². The molecular weight excluding hydrogens is 206 g/mol. The molecule has 1 atom stereocenters. The SMILES string of the molecule is COC(=O)C1(c2ccccc2)CCC(=O)N1. The fourth-order valence-corrected chi connectivity index (χ4v) is 2.05. The number of carbonyl (C=O) groups is 2. The number of rotatable bonds is 2. The summed E-state index contributed by atoms with van der Waals surface area (Å²) in [7, 11) is 1.33. The Balaban J connectivity index is 2.44. The lowest BCUT2D eigenvalue weighted by molar-refractivity contribution is -0.149. The average Bonchev–Trinajstić information content (AvgIpc) is 2.73. The number of methoxy groups -OCH3 is 1. The Labute approximate surface area is 93.6 Å². The van der Waals surface area contributed by atoms with E-state index in [1.807, 2.05) is 30.3 Å². The van der Waals surface area contributed by atoms with Gasteiger partial charge in [0, 0.05) is 6.42 Å². The van der Waals surface area contributed by atoms with Gasteiger partial charge in [-0.1, -0.05) is 30.3 Å². The molecule has 1 aromatic carbocycles. The monoisotopic (exact) mass is 219 g/mol. The first-order valence-electron chi connectivity index (χ1n) is 5.14. The summed E-state index contributed by atoms with van der Waals surface area (Å²) in [5, 5.41) is 2.72. The molecule has 4 nitrogen and oxygen atoms in total. The summed E-state index contributed by atoms with van der Waals surface area (Å²) in [6.07, 6.45) is 0.798. The van der Waals surface area contributed by atoms with Gasteiger partial charge in [-0.3, -0.25) is 4.79 Å². The number of hydrogen-bond donors (Lipinski definition) is 1. The lowest BCUT2D eigenvalue weighted by Crippen LogP contribution is -2.46. The highest BCUT2D eigenvalue weighted by atomic mass is 16.5. The van der Waals surface area contributed by atoms with E-state index in [1.165, 1.54) is 7.11 Å². The molecule has 0 aliphatic carbocycles. The third-order valence-electron chi connectivity index (χ3n) is 2.88. The van der Waals surface area contributed by atoms with Gasteiger partial charge in [-0.15, -0.1) is 0 Å². The fraction of sp³-hybridized carbons (Fsp3) is 0.333. The molecule has 1 heterocycles. The van der Waals surface area contributed by atoms with Gasteiger partial charge in [-0.2, -0.15) is 0 Å². The molecule has 1 amide bonds. The third kappa shape index (κ3) is 1.56. The van der Waals surface area contributed by atoms with Crippen molar-refractivity contribution in [3.63, 3.8) is 0 Å². The van der Waals surface area contributed by atoms with Gasteiger partial charge in [-0.25, -0.2) is 4.79 Å². The predicted octanol–water partition coefficient (Wildman–Crippen LogP) is 0.965. The highest BCUT2D eigenvalue weighted by molar-refractivity contribution is 5.92. The average molecular weight is 219 g/mol. The molecule has 0 bridgehead atoms. The second-order valence-corrected chi connectivity index (χ2v) is 3.81. The molecule has 1 saturated heterocycles. The number of carbonyl (C=O) groups excluding carboxylic acids is 2. The largest absolute Gasteiger partial charge is 0.467 e. The van der Waals surface area contributed by atoms with Gasteiger partial charge >= 0.3 is 5.97 Å². The van der Waals surface area contributed by atoms with Gasteiger partial charge in [0.2, 0.25) is 5.91 Å². The van der Waals surface area contributed by atoms with E-state index >= 15 is 0 Å². The molecule has 0 spiro atoms. The Morgan fingerprint density at radius 3 is 2.56 bits per heavy atom. The van der Waals surface area contributed by atoms with E-state index in [-0.39, 0.29) is 5.91 Å². The molecule has 16 heavy (non-hydrogen) atoms. The van der Waals surface area contributed by atoms with Crippen LogP contribution in [0.1, 0.15) is 18.4 Å². The van der Waals surface area contributed by atoms with Crippen LogP contribution in [0, 0.1) is 0 Å². The zero-order valence-electron chi connectivity index (χ0n) is 9.03. The maximum Gasteiger partial charge on any atom is 0.336 e. The summed E-state index contributed by atoms with van der Waals surface area (Å²) in [6, 6.07) is 9.19. The fourth-order valence-electron chi connectivity index (χ4n) is 2.05. The summed E-state index contributed by atoms with van der Waals surface area (Å²) in [5.74, 6) is -0.529. The molecule has 1 aliphatic heterocycles. The van der Waals surface area contributed by atoms with Crippen molar-refractivity contribution in [1.82, 2.24) is 5.32 Å². The van der Waals surface area contributed by atoms with Crippen molar-refractivity contribution in [3.8, 4) is 0 Å². The number of ether oxygens (including phenoxy) is 1. The maximum absolute atomic E-state index is 11.8. The van der Waals surface area contributed by atoms with Crippen LogP contribution in [0.3, 0.4) is 0 Å². The van der Waals surface area contributed by atoms with Crippen LogP contribution in [0.4, 0.5) is 0 Å². The lowest BCUT2D eigenvalue weighted by Gasteiger charge is -2.26. The number of nitrogens with one attached hydrogen (secondary N) is 1. The van der Waals surface area contributed by atoms with Crippen LogP contribution in [-0.2, 0) is 19.9 Å². The number of esters is 1. The van der Waals surface area contributed by atoms with Crippen molar-refractivity contribution in [2.75, 3.05) is 7.11 Å². The molecule has 1 N–H and O–H groups in total. The Morgan fingerprint density at radius 2 is 2.06 bits per heavy atom. The number of hydrogen-bond acceptors (Lipinski definition) is 3. The van der Waals surface area contributed by atoms with E-state index < -0.39 is 11.5 Å². The van der Waals surface area contributed by atoms with E-state index in [0.29, 0.717) is 12.8 Å².